The fourth-order valence-electron chi connectivity index (χ4n) is 1.57. The van der Waals surface area contributed by atoms with Crippen molar-refractivity contribution in [3.63, 3.8) is 0 Å². The van der Waals surface area contributed by atoms with Gasteiger partial charge < -0.3 is 19.5 Å². The van der Waals surface area contributed by atoms with Gasteiger partial charge in [-0.1, -0.05) is 6.07 Å². The van der Waals surface area contributed by atoms with Crippen molar-refractivity contribution >= 4 is 5.69 Å². The van der Waals surface area contributed by atoms with Crippen molar-refractivity contribution in [1.82, 2.24) is 0 Å². The Hall–Kier alpha value is -1.26. The lowest BCUT2D eigenvalue weighted by molar-refractivity contribution is 0.146. The van der Waals surface area contributed by atoms with Crippen LogP contribution in [0.15, 0.2) is 24.3 Å². The molecular weight excluding hydrogens is 230 g/mol. The van der Waals surface area contributed by atoms with Crippen LogP contribution in [0.5, 0.6) is 5.75 Å². The van der Waals surface area contributed by atoms with Crippen LogP contribution in [0.25, 0.3) is 0 Å². The number of methoxy groups -OCH3 is 2. The van der Waals surface area contributed by atoms with E-state index in [0.717, 1.165) is 24.5 Å². The van der Waals surface area contributed by atoms with Crippen molar-refractivity contribution in [3.8, 4) is 5.75 Å². The molecule has 0 fully saturated rings. The summed E-state index contributed by atoms with van der Waals surface area (Å²) in [4.78, 5) is 0. The first-order valence-electron chi connectivity index (χ1n) is 6.23. The molecule has 1 aromatic rings. The second-order valence-electron chi connectivity index (χ2n) is 4.20. The lowest BCUT2D eigenvalue weighted by atomic mass is 10.2. The summed E-state index contributed by atoms with van der Waals surface area (Å²) in [6.45, 7) is 4.07. The zero-order chi connectivity index (χ0) is 13.2. The van der Waals surface area contributed by atoms with Crippen LogP contribution in [0.1, 0.15) is 13.3 Å². The van der Waals surface area contributed by atoms with Gasteiger partial charge in [0, 0.05) is 38.6 Å². The fraction of sp³-hybridized carbons (Fsp3) is 0.571. The largest absolute Gasteiger partial charge is 0.491 e. The Labute approximate surface area is 109 Å². The quantitative estimate of drug-likeness (QED) is 0.687. The number of rotatable bonds is 9. The van der Waals surface area contributed by atoms with Crippen molar-refractivity contribution in [2.45, 2.75) is 19.4 Å². The summed E-state index contributed by atoms with van der Waals surface area (Å²) >= 11 is 0. The first-order valence-corrected chi connectivity index (χ1v) is 6.23. The smallest absolute Gasteiger partial charge is 0.121 e. The van der Waals surface area contributed by atoms with Crippen LogP contribution in [0.2, 0.25) is 0 Å². The van der Waals surface area contributed by atoms with E-state index in [2.05, 4.69) is 12.2 Å². The molecule has 1 rings (SSSR count). The number of benzene rings is 1. The molecule has 0 aromatic heterocycles. The maximum Gasteiger partial charge on any atom is 0.121 e. The highest BCUT2D eigenvalue weighted by Gasteiger charge is 2.02. The average molecular weight is 253 g/mol. The third-order valence-corrected chi connectivity index (χ3v) is 2.56. The maximum absolute atomic E-state index is 5.56. The molecule has 0 aliphatic rings. The lowest BCUT2D eigenvalue weighted by Crippen LogP contribution is -2.17. The van der Waals surface area contributed by atoms with E-state index >= 15 is 0 Å². The predicted molar refractivity (Wildman–Crippen MR) is 73.4 cm³/mol. The summed E-state index contributed by atoms with van der Waals surface area (Å²) in [6.07, 6.45) is 0.977. The summed E-state index contributed by atoms with van der Waals surface area (Å²) in [5.41, 5.74) is 1.06. The molecule has 0 heterocycles. The molecule has 0 bridgehead atoms. The van der Waals surface area contributed by atoms with E-state index in [1.165, 1.54) is 0 Å². The van der Waals surface area contributed by atoms with Gasteiger partial charge in [-0.15, -0.1) is 0 Å². The molecule has 4 heteroatoms. The molecule has 0 radical (unpaired) electrons. The van der Waals surface area contributed by atoms with Crippen LogP contribution >= 0.6 is 0 Å². The molecule has 1 unspecified atom stereocenters. The number of hydrogen-bond acceptors (Lipinski definition) is 4. The van der Waals surface area contributed by atoms with E-state index in [9.17, 15) is 0 Å². The molecule has 1 atom stereocenters. The Bertz CT molecular complexity index is 331. The molecule has 1 N–H and O–H groups in total. The highest BCUT2D eigenvalue weighted by Crippen LogP contribution is 2.18. The molecule has 0 aliphatic heterocycles. The number of anilines is 1. The van der Waals surface area contributed by atoms with Crippen LogP contribution < -0.4 is 10.1 Å². The Kier molecular flexibility index (Phi) is 7.22. The van der Waals surface area contributed by atoms with Gasteiger partial charge in [-0.25, -0.2) is 0 Å². The molecule has 102 valence electrons. The van der Waals surface area contributed by atoms with Gasteiger partial charge in [-0.2, -0.15) is 0 Å². The Morgan fingerprint density at radius 3 is 2.61 bits per heavy atom. The Balaban J connectivity index is 2.43. The second-order valence-corrected chi connectivity index (χ2v) is 4.20. The van der Waals surface area contributed by atoms with E-state index in [4.69, 9.17) is 14.2 Å². The van der Waals surface area contributed by atoms with Crippen molar-refractivity contribution in [1.29, 1.82) is 0 Å². The van der Waals surface area contributed by atoms with Crippen molar-refractivity contribution < 1.29 is 14.2 Å². The minimum Gasteiger partial charge on any atom is -0.491 e. The first kappa shape index (κ1) is 14.8. The van der Waals surface area contributed by atoms with E-state index in [1.54, 1.807) is 14.2 Å². The molecule has 0 amide bonds. The normalized spacial score (nSPS) is 12.2. The zero-order valence-corrected chi connectivity index (χ0v) is 11.4. The van der Waals surface area contributed by atoms with Gasteiger partial charge in [0.2, 0.25) is 0 Å². The van der Waals surface area contributed by atoms with E-state index < -0.39 is 0 Å². The monoisotopic (exact) mass is 253 g/mol. The molecular formula is C14H23NO3. The van der Waals surface area contributed by atoms with Gasteiger partial charge in [0.1, 0.15) is 12.4 Å². The molecule has 4 nitrogen and oxygen atoms in total. The van der Waals surface area contributed by atoms with Crippen LogP contribution in [-0.4, -0.2) is 40.1 Å². The maximum atomic E-state index is 5.56. The number of hydrogen-bond donors (Lipinski definition) is 1. The van der Waals surface area contributed by atoms with Gasteiger partial charge >= 0.3 is 0 Å². The predicted octanol–water partition coefficient (Wildman–Crippen LogP) is 2.55. The Morgan fingerprint density at radius 1 is 1.11 bits per heavy atom. The van der Waals surface area contributed by atoms with Gasteiger partial charge in [0.15, 0.2) is 0 Å². The molecule has 0 spiro atoms. The highest BCUT2D eigenvalue weighted by atomic mass is 16.5. The van der Waals surface area contributed by atoms with E-state index in [1.807, 2.05) is 24.3 Å². The SMILES string of the molecule is COCCOc1cccc(NC(C)CCOC)c1. The molecule has 0 saturated carbocycles. The van der Waals surface area contributed by atoms with Crippen LogP contribution in [-0.2, 0) is 9.47 Å². The standard InChI is InChI=1S/C14H23NO3/c1-12(7-8-16-2)15-13-5-4-6-14(11-13)18-10-9-17-3/h4-6,11-12,15H,7-10H2,1-3H3. The van der Waals surface area contributed by atoms with E-state index in [0.29, 0.717) is 19.3 Å². The van der Waals surface area contributed by atoms with E-state index in [-0.39, 0.29) is 0 Å². The summed E-state index contributed by atoms with van der Waals surface area (Å²) in [5, 5.41) is 3.42. The van der Waals surface area contributed by atoms with Crippen LogP contribution in [0.4, 0.5) is 5.69 Å². The van der Waals surface area contributed by atoms with Gasteiger partial charge in [0.25, 0.3) is 0 Å². The topological polar surface area (TPSA) is 39.7 Å². The first-order chi connectivity index (χ1) is 8.76. The van der Waals surface area contributed by atoms with Crippen LogP contribution in [0.3, 0.4) is 0 Å². The average Bonchev–Trinajstić information content (AvgIpc) is 2.37. The zero-order valence-electron chi connectivity index (χ0n) is 11.4. The van der Waals surface area contributed by atoms with Crippen molar-refractivity contribution in [2.24, 2.45) is 0 Å². The van der Waals surface area contributed by atoms with Crippen molar-refractivity contribution in [3.05, 3.63) is 24.3 Å². The minimum absolute atomic E-state index is 0.374. The highest BCUT2D eigenvalue weighted by molar-refractivity contribution is 5.48. The molecule has 0 aliphatic carbocycles. The lowest BCUT2D eigenvalue weighted by Gasteiger charge is -2.15. The molecule has 0 saturated heterocycles. The van der Waals surface area contributed by atoms with Crippen LogP contribution in [0, 0.1) is 0 Å². The fourth-order valence-corrected chi connectivity index (χ4v) is 1.57. The third kappa shape index (κ3) is 5.89. The summed E-state index contributed by atoms with van der Waals surface area (Å²) < 4.78 is 15.6. The summed E-state index contributed by atoms with van der Waals surface area (Å²) in [5.74, 6) is 0.857. The summed E-state index contributed by atoms with van der Waals surface area (Å²) in [7, 11) is 3.38. The second kappa shape index (κ2) is 8.78. The number of ether oxygens (including phenoxy) is 3. The minimum atomic E-state index is 0.374. The van der Waals surface area contributed by atoms with Gasteiger partial charge in [-0.3, -0.25) is 0 Å². The van der Waals surface area contributed by atoms with Gasteiger partial charge in [0.05, 0.1) is 6.61 Å². The third-order valence-electron chi connectivity index (χ3n) is 2.56. The summed E-state index contributed by atoms with van der Waals surface area (Å²) in [6, 6.07) is 8.33. The van der Waals surface area contributed by atoms with Gasteiger partial charge in [-0.05, 0) is 25.5 Å². The Morgan fingerprint density at radius 2 is 1.89 bits per heavy atom. The van der Waals surface area contributed by atoms with Crippen molar-refractivity contribution in [2.75, 3.05) is 39.4 Å². The number of nitrogens with one attached hydrogen (secondary N) is 1. The molecule has 1 aromatic carbocycles. The molecule has 18 heavy (non-hydrogen) atoms.